The van der Waals surface area contributed by atoms with Gasteiger partial charge in [0.05, 0.1) is 24.7 Å². The highest BCUT2D eigenvalue weighted by molar-refractivity contribution is 8.24. The second kappa shape index (κ2) is 50.9. The Bertz CT molecular complexity index is 5630. The fourth-order valence-corrected chi connectivity index (χ4v) is 17.5. The quantitative estimate of drug-likeness (QED) is 0.00833. The van der Waals surface area contributed by atoms with Crippen LogP contribution in [0.25, 0.3) is 0 Å². The van der Waals surface area contributed by atoms with E-state index < -0.39 is 220 Å². The van der Waals surface area contributed by atoms with E-state index >= 15 is 8.78 Å². The van der Waals surface area contributed by atoms with Crippen molar-refractivity contribution < 1.29 is 156 Å². The number of H-pyrrole nitrogens is 2. The highest BCUT2D eigenvalue weighted by Gasteiger charge is 2.68. The fraction of sp³-hybridized carbons (Fsp3) is 0.474. The van der Waals surface area contributed by atoms with Gasteiger partial charge in [0.25, 0.3) is 28.7 Å². The number of carbonyl (C=O) groups is 6. The van der Waals surface area contributed by atoms with Gasteiger partial charge in [-0.3, -0.25) is 76.0 Å². The molecule has 136 heavy (non-hydrogen) atoms. The van der Waals surface area contributed by atoms with E-state index in [-0.39, 0.29) is 30.8 Å². The van der Waals surface area contributed by atoms with Crippen LogP contribution in [0.1, 0.15) is 116 Å². The number of esters is 4. The van der Waals surface area contributed by atoms with Crippen LogP contribution in [0.3, 0.4) is 0 Å². The van der Waals surface area contributed by atoms with E-state index in [1.807, 2.05) is 9.97 Å². The molecule has 10 rings (SSSR count). The van der Waals surface area contributed by atoms with Gasteiger partial charge in [0.1, 0.15) is 90.0 Å². The number of hydrogen-bond acceptors (Lipinski definition) is 34. The number of carbonyl (C=O) groups excluding carboxylic acids is 6. The average molecular weight is 2230 g/mol. The maximum absolute atomic E-state index is 16.5. The number of amides is 1. The zero-order valence-electron chi connectivity index (χ0n) is 72.6. The number of aliphatic hydroxyl groups excluding tert-OH is 3. The first kappa shape index (κ1) is 122. The number of nitrogens with one attached hydrogen (secondary N) is 5. The summed E-state index contributed by atoms with van der Waals surface area (Å²) in [5.74, 6) is -13.1. The molecule has 3 fully saturated rings. The van der Waals surface area contributed by atoms with Crippen molar-refractivity contribution in [1.82, 2.24) is 39.3 Å². The molecular weight excluding hydrogens is 2140 g/mol. The highest BCUT2D eigenvalue weighted by atomic mass is 36.0. The SMILES string of the molecule is C.CC(=O)O[C@H]1[C@@](C)(O)[C@H](n2ccc(=O)[nH]c2=O)O[C@]1(F)COP(=O)(N[C@@H](C)C(=O)OC(C)C)Oc1ccc(Cl)cc1.CC(C)OC(=O)[C@H](C)NP(=O)(Cl)Oc1ccc(Cl)cc1.CC(C)OC(=O)[C@H](C)NP(=O)(OC[C@@]1(F)O[C@@H](n2ccc(=O)[nH]c2=O)[C@](C)(O)[C@@H]1O)Oc1ccc(Cl)cc1.C[C@]1(O)[C@H](N2C=CC(=O)CC2=O)O[C@](F)(CO)[C@H]1O.O=P(Cl)(Cl)Cl.O=P(Cl)(Cl)Oc1ccc(Cl)cc1. The molecule has 6 heterocycles. The summed E-state index contributed by atoms with van der Waals surface area (Å²) >= 11 is 53.0. The third-order valence-electron chi connectivity index (χ3n) is 17.4. The van der Waals surface area contributed by atoms with Crippen molar-refractivity contribution in [2.24, 2.45) is 0 Å². The number of halogens is 13. The van der Waals surface area contributed by atoms with Crippen LogP contribution in [-0.2, 0) is 93.8 Å². The molecule has 0 aliphatic carbocycles. The highest BCUT2D eigenvalue weighted by Crippen LogP contribution is 2.62. The van der Waals surface area contributed by atoms with E-state index in [1.165, 1.54) is 93.6 Å². The predicted octanol–water partition coefficient (Wildman–Crippen LogP) is 14.0. The Kier molecular flexibility index (Phi) is 45.6. The molecule has 2 aromatic heterocycles. The maximum atomic E-state index is 16.5. The summed E-state index contributed by atoms with van der Waals surface area (Å²) in [4.78, 5) is 123. The number of hydrogen-bond donors (Lipinski definition) is 11. The van der Waals surface area contributed by atoms with Gasteiger partial charge in [0.2, 0.25) is 5.91 Å². The van der Waals surface area contributed by atoms with Crippen LogP contribution in [0.2, 0.25) is 20.1 Å². The summed E-state index contributed by atoms with van der Waals surface area (Å²) in [6.07, 6.45) is -12.9. The van der Waals surface area contributed by atoms with E-state index in [0.29, 0.717) is 35.0 Å². The monoisotopic (exact) mass is 2230 g/mol. The lowest BCUT2D eigenvalue weighted by Gasteiger charge is -2.34. The smallest absolute Gasteiger partial charge is 0.459 e. The Morgan fingerprint density at radius 3 is 1.14 bits per heavy atom. The van der Waals surface area contributed by atoms with Gasteiger partial charge in [-0.05, 0) is 220 Å². The second-order valence-electron chi connectivity index (χ2n) is 30.2. The molecule has 11 N–H and O–H groups in total. The normalized spacial score (nSPS) is 25.4. The average Bonchev–Trinajstić information content (AvgIpc) is 1.44. The Morgan fingerprint density at radius 2 is 0.809 bits per heavy atom. The van der Waals surface area contributed by atoms with Gasteiger partial charge in [0, 0.05) is 91.5 Å². The Morgan fingerprint density at radius 1 is 0.493 bits per heavy atom. The molecule has 60 heteroatoms. The lowest BCUT2D eigenvalue weighted by Crippen LogP contribution is -2.54. The summed E-state index contributed by atoms with van der Waals surface area (Å²) in [6, 6.07) is 21.9. The third-order valence-corrected chi connectivity index (χ3v) is 24.2. The fourth-order valence-electron chi connectivity index (χ4n) is 11.5. The summed E-state index contributed by atoms with van der Waals surface area (Å²) < 4.78 is 174. The molecule has 0 spiro atoms. The number of aromatic amines is 2. The van der Waals surface area contributed by atoms with Crippen molar-refractivity contribution >= 4 is 183 Å². The third kappa shape index (κ3) is 37.4. The van der Waals surface area contributed by atoms with E-state index in [0.717, 1.165) is 69.4 Å². The van der Waals surface area contributed by atoms with E-state index in [9.17, 15) is 101 Å². The van der Waals surface area contributed by atoms with E-state index in [2.05, 4.69) is 53.5 Å². The number of ether oxygens (including phenoxy) is 7. The number of aliphatic hydroxyl groups is 6. The van der Waals surface area contributed by atoms with Crippen molar-refractivity contribution in [3.8, 4) is 23.0 Å². The van der Waals surface area contributed by atoms with Crippen LogP contribution in [0.4, 0.5) is 13.2 Å². The molecule has 1 amide bonds. The van der Waals surface area contributed by atoms with E-state index in [1.54, 1.807) is 65.8 Å². The largest absolute Gasteiger partial charge is 0.462 e. The number of allylic oxidation sites excluding steroid dienone is 1. The Hall–Kier alpha value is -6.52. The number of benzene rings is 4. The molecule has 0 bridgehead atoms. The molecular formula is C76H96Cl10F3N8O34P5. The number of rotatable bonds is 31. The van der Waals surface area contributed by atoms with Gasteiger partial charge in [-0.25, -0.2) is 46.1 Å². The van der Waals surface area contributed by atoms with Gasteiger partial charge in [-0.1, -0.05) is 53.8 Å². The van der Waals surface area contributed by atoms with Crippen molar-refractivity contribution in [2.75, 3.05) is 19.8 Å². The molecule has 3 saturated heterocycles. The predicted molar refractivity (Wildman–Crippen MR) is 493 cm³/mol. The van der Waals surface area contributed by atoms with Crippen LogP contribution < -0.4 is 55.9 Å². The zero-order valence-corrected chi connectivity index (χ0v) is 84.6. The first-order chi connectivity index (χ1) is 61.9. The van der Waals surface area contributed by atoms with Crippen molar-refractivity contribution in [3.05, 3.63) is 196 Å². The summed E-state index contributed by atoms with van der Waals surface area (Å²) in [5.41, 5.74) is -10.6. The number of nitrogens with zero attached hydrogens (tertiary/aromatic N) is 3. The Balaban J connectivity index is 0.000000370. The minimum absolute atomic E-state index is 0. The lowest BCUT2D eigenvalue weighted by molar-refractivity contribution is -0.214. The van der Waals surface area contributed by atoms with E-state index in [4.69, 9.17) is 141 Å². The number of alkyl halides is 3. The van der Waals surface area contributed by atoms with Crippen molar-refractivity contribution in [1.29, 1.82) is 0 Å². The topological polar surface area (TPSA) is 578 Å². The minimum atomic E-state index is -4.67. The van der Waals surface area contributed by atoms with Gasteiger partial charge in [0.15, 0.2) is 30.6 Å². The second-order valence-corrected chi connectivity index (χ2v) is 48.9. The first-order valence-electron chi connectivity index (χ1n) is 38.7. The molecule has 3 unspecified atom stereocenters. The Labute approximate surface area is 822 Å². The molecule has 4 aliphatic heterocycles. The van der Waals surface area contributed by atoms with Crippen LogP contribution in [0.15, 0.2) is 153 Å². The summed E-state index contributed by atoms with van der Waals surface area (Å²) in [6.45, 7) is 10.5. The lowest BCUT2D eigenvalue weighted by atomic mass is 9.94. The van der Waals surface area contributed by atoms with Gasteiger partial charge in [-0.2, -0.15) is 10.2 Å². The van der Waals surface area contributed by atoms with Gasteiger partial charge in [-0.15, -0.1) is 0 Å². The molecule has 0 radical (unpaired) electrons. The molecule has 6 aromatic rings. The van der Waals surface area contributed by atoms with Crippen LogP contribution in [0.5, 0.6) is 23.0 Å². The molecule has 18 atom stereocenters. The zero-order chi connectivity index (χ0) is 103. The standard InChI is InChI=1S/C24H30ClFN3O11P.C22H28ClFN3O10P.C12H16Cl2NO4P.C11H14FNO6.C6H4Cl3O2P.CH4.Cl3OP/c1-13(2)37-19(32)14(3)28-41(35,40-17-8-6-16(25)7-9-17)36-12-24(26)20(38-15(4)30)23(5,34)21(39-24)29-11-10-18(31)27-22(29)33;1-12(2)35-17(29)13(3)26-38(33,37-15-7-5-14(23)6-8-15)34-11-22(24)18(30)21(4,32)19(36-22)27-10-9-16(28)25-20(27)31;1-8(2)18-12(16)9(3)15-20(14,17)19-11-6-4-10(13)5-7-11;1-10(18)8(17)11(12,5-14)19-9(10)13-3-2-6(15)4-7(13)16;7-5-1-3-6(4-2-5)11-12(8,9)10;;1-5(2,3)4/h6-11,13-14,20-21,34H,12H2,1-5H3,(H,28,35)(H,27,31,33);5-10,12-13,18-19,30,32H,11H2,1-4H3,(H,26,33)(H,25,28,31);4-9H,1-3H3,(H,15,17);2-3,8-9,14,17-18H,4-5H2,1H3;1-4H;1H4;/t14-,20-,21+,23+,24+,41?;13-,18-,19+,21+,22+,38?;9-,20?;8-,9+,10+,11+;;;/m0000.../s1. The molecule has 760 valence electrons. The van der Waals surface area contributed by atoms with Crippen LogP contribution in [-0.4, -0.2) is 205 Å². The molecule has 4 aromatic carbocycles. The molecule has 0 saturated carbocycles. The maximum Gasteiger partial charge on any atom is 0.459 e. The molecule has 42 nitrogen and oxygen atoms in total. The summed E-state index contributed by atoms with van der Waals surface area (Å²) in [7, 11) is -9.27. The van der Waals surface area contributed by atoms with Crippen molar-refractivity contribution in [2.45, 2.75) is 212 Å². The van der Waals surface area contributed by atoms with Gasteiger partial charge < -0.3 is 81.9 Å². The van der Waals surface area contributed by atoms with Crippen LogP contribution >= 0.6 is 147 Å². The number of ketones is 1. The molecule has 4 aliphatic rings. The van der Waals surface area contributed by atoms with Gasteiger partial charge >= 0.3 is 68.9 Å². The summed E-state index contributed by atoms with van der Waals surface area (Å²) in [5, 5.41) is 66.9. The number of aromatic nitrogens is 4. The minimum Gasteiger partial charge on any atom is -0.462 e. The van der Waals surface area contributed by atoms with Crippen LogP contribution in [0, 0.1) is 0 Å². The van der Waals surface area contributed by atoms with Crippen molar-refractivity contribution in [3.63, 3.8) is 0 Å². The first-order valence-corrected chi connectivity index (χ1v) is 53.7.